The standard InChI is InChI=1S/C27H27F6NO4/c1-14(25(35)36)24(15-2-3-15)16-4-7-21-22(9-16)38-23(13-37-21)18-11-34(12-18)10-17-8-19(26(28,29)30)5-6-20(17)27(31,32)33/h4-9,14-15,18,23-24H,2-3,10-13H2,1H3,(H,35,36)/t14-,23+,24-/m0/s1. The molecule has 2 aromatic carbocycles. The van der Waals surface area contributed by atoms with Crippen molar-refractivity contribution in [2.24, 2.45) is 17.8 Å². The summed E-state index contributed by atoms with van der Waals surface area (Å²) in [7, 11) is 0. The van der Waals surface area contributed by atoms with Crippen LogP contribution in [-0.2, 0) is 23.7 Å². The van der Waals surface area contributed by atoms with Gasteiger partial charge in [-0.25, -0.2) is 0 Å². The van der Waals surface area contributed by atoms with Crippen LogP contribution < -0.4 is 9.47 Å². The highest BCUT2D eigenvalue weighted by Gasteiger charge is 2.42. The van der Waals surface area contributed by atoms with Crippen molar-refractivity contribution in [2.45, 2.75) is 50.7 Å². The molecule has 206 valence electrons. The molecule has 2 aliphatic heterocycles. The first-order valence-electron chi connectivity index (χ1n) is 12.5. The molecule has 5 rings (SSSR count). The maximum atomic E-state index is 13.4. The zero-order chi connectivity index (χ0) is 27.4. The van der Waals surface area contributed by atoms with E-state index >= 15 is 0 Å². The van der Waals surface area contributed by atoms with E-state index in [1.54, 1.807) is 17.9 Å². The number of carboxylic acid groups (broad SMARTS) is 1. The Kier molecular flexibility index (Phi) is 6.77. The summed E-state index contributed by atoms with van der Waals surface area (Å²) in [6, 6.07) is 6.96. The molecule has 1 saturated carbocycles. The zero-order valence-corrected chi connectivity index (χ0v) is 20.5. The van der Waals surface area contributed by atoms with Gasteiger partial charge in [0, 0.05) is 25.6 Å². The average Bonchev–Trinajstić information content (AvgIpc) is 3.64. The van der Waals surface area contributed by atoms with Crippen molar-refractivity contribution >= 4 is 5.97 Å². The largest absolute Gasteiger partial charge is 0.486 e. The lowest BCUT2D eigenvalue weighted by Crippen LogP contribution is -2.55. The van der Waals surface area contributed by atoms with E-state index in [1.165, 1.54) is 0 Å². The molecule has 1 N–H and O–H groups in total. The topological polar surface area (TPSA) is 59.0 Å². The molecule has 5 nitrogen and oxygen atoms in total. The number of aliphatic carboxylic acids is 1. The predicted octanol–water partition coefficient (Wildman–Crippen LogP) is 6.21. The molecule has 38 heavy (non-hydrogen) atoms. The first-order valence-corrected chi connectivity index (χ1v) is 12.5. The molecule has 0 amide bonds. The molecular weight excluding hydrogens is 516 g/mol. The minimum absolute atomic E-state index is 0.0795. The number of fused-ring (bicyclic) bond motifs is 1. The Morgan fingerprint density at radius 1 is 1.03 bits per heavy atom. The van der Waals surface area contributed by atoms with E-state index < -0.39 is 40.9 Å². The molecule has 11 heteroatoms. The van der Waals surface area contributed by atoms with Gasteiger partial charge in [-0.15, -0.1) is 0 Å². The Balaban J connectivity index is 1.26. The van der Waals surface area contributed by atoms with Crippen LogP contribution in [0.5, 0.6) is 11.5 Å². The van der Waals surface area contributed by atoms with Crippen molar-refractivity contribution in [3.05, 3.63) is 58.7 Å². The van der Waals surface area contributed by atoms with Gasteiger partial charge in [-0.1, -0.05) is 13.0 Å². The quantitative estimate of drug-likeness (QED) is 0.421. The van der Waals surface area contributed by atoms with E-state index in [0.29, 0.717) is 48.7 Å². The summed E-state index contributed by atoms with van der Waals surface area (Å²) in [6.07, 6.45) is -7.94. The number of rotatable bonds is 7. The highest BCUT2D eigenvalue weighted by Crippen LogP contribution is 2.49. The second-order valence-corrected chi connectivity index (χ2v) is 10.5. The molecule has 0 unspecified atom stereocenters. The number of halogens is 6. The number of hydrogen-bond acceptors (Lipinski definition) is 4. The van der Waals surface area contributed by atoms with E-state index in [9.17, 15) is 36.2 Å². The number of likely N-dealkylation sites (tertiary alicyclic amines) is 1. The number of carboxylic acids is 1. The molecule has 2 aromatic rings. The number of hydrogen-bond donors (Lipinski definition) is 1. The first-order chi connectivity index (χ1) is 17.8. The summed E-state index contributed by atoms with van der Waals surface area (Å²) >= 11 is 0. The van der Waals surface area contributed by atoms with Crippen molar-refractivity contribution < 1.29 is 45.7 Å². The molecule has 0 spiro atoms. The fourth-order valence-electron chi connectivity index (χ4n) is 5.52. The minimum atomic E-state index is -4.76. The minimum Gasteiger partial charge on any atom is -0.486 e. The van der Waals surface area contributed by atoms with Crippen molar-refractivity contribution in [1.29, 1.82) is 0 Å². The van der Waals surface area contributed by atoms with E-state index in [1.807, 2.05) is 12.1 Å². The number of ether oxygens (including phenoxy) is 2. The second-order valence-electron chi connectivity index (χ2n) is 10.5. The Bertz CT molecular complexity index is 1200. The number of alkyl halides is 6. The average molecular weight is 544 g/mol. The second kappa shape index (κ2) is 9.66. The number of carbonyl (C=O) groups is 1. The summed E-state index contributed by atoms with van der Waals surface area (Å²) in [5.74, 6) is -0.301. The SMILES string of the molecule is C[C@H](C(=O)O)[C@H](c1ccc2c(c1)O[C@@H](C1CN(Cc3cc(C(F)(F)F)ccc3C(F)(F)F)C1)CO2)C1CC1. The normalized spacial score (nSPS) is 22.0. The van der Waals surface area contributed by atoms with Gasteiger partial charge in [0.15, 0.2) is 11.5 Å². The van der Waals surface area contributed by atoms with E-state index in [2.05, 4.69) is 0 Å². The monoisotopic (exact) mass is 543 g/mol. The van der Waals surface area contributed by atoms with Gasteiger partial charge in [0.1, 0.15) is 12.7 Å². The highest BCUT2D eigenvalue weighted by atomic mass is 19.4. The summed E-state index contributed by atoms with van der Waals surface area (Å²) < 4.78 is 91.6. The van der Waals surface area contributed by atoms with E-state index in [-0.39, 0.29) is 31.1 Å². The van der Waals surface area contributed by atoms with Gasteiger partial charge in [-0.3, -0.25) is 9.69 Å². The van der Waals surface area contributed by atoms with Gasteiger partial charge < -0.3 is 14.6 Å². The summed E-state index contributed by atoms with van der Waals surface area (Å²) in [5, 5.41) is 9.55. The molecule has 3 atom stereocenters. The van der Waals surface area contributed by atoms with Gasteiger partial charge >= 0.3 is 18.3 Å². The molecule has 0 bridgehead atoms. The fraction of sp³-hybridized carbons (Fsp3) is 0.519. The molecule has 1 saturated heterocycles. The van der Waals surface area contributed by atoms with Crippen LogP contribution >= 0.6 is 0 Å². The molecule has 1 aliphatic carbocycles. The third-order valence-electron chi connectivity index (χ3n) is 7.74. The smallest absolute Gasteiger partial charge is 0.416 e. The lowest BCUT2D eigenvalue weighted by Gasteiger charge is -2.44. The molecule has 0 radical (unpaired) electrons. The third-order valence-corrected chi connectivity index (χ3v) is 7.74. The van der Waals surface area contributed by atoms with Crippen molar-refractivity contribution in [3.63, 3.8) is 0 Å². The van der Waals surface area contributed by atoms with Gasteiger partial charge in [-0.2, -0.15) is 26.3 Å². The van der Waals surface area contributed by atoms with Crippen LogP contribution in [0.2, 0.25) is 0 Å². The number of nitrogens with zero attached hydrogens (tertiary/aromatic N) is 1. The number of benzene rings is 2. The van der Waals surface area contributed by atoms with E-state index in [4.69, 9.17) is 9.47 Å². The molecule has 2 fully saturated rings. The Morgan fingerprint density at radius 3 is 2.34 bits per heavy atom. The van der Waals surface area contributed by atoms with Crippen LogP contribution in [0.3, 0.4) is 0 Å². The lowest BCUT2D eigenvalue weighted by molar-refractivity contribution is -0.142. The lowest BCUT2D eigenvalue weighted by atomic mass is 9.83. The Labute approximate surface area is 215 Å². The molecule has 3 aliphatic rings. The van der Waals surface area contributed by atoms with Crippen molar-refractivity contribution in [1.82, 2.24) is 4.90 Å². The highest BCUT2D eigenvalue weighted by molar-refractivity contribution is 5.71. The van der Waals surface area contributed by atoms with Crippen LogP contribution in [0.25, 0.3) is 0 Å². The van der Waals surface area contributed by atoms with Crippen molar-refractivity contribution in [3.8, 4) is 11.5 Å². The maximum absolute atomic E-state index is 13.4. The molecule has 2 heterocycles. The predicted molar refractivity (Wildman–Crippen MR) is 124 cm³/mol. The Morgan fingerprint density at radius 2 is 1.74 bits per heavy atom. The van der Waals surface area contributed by atoms with Crippen LogP contribution in [0.1, 0.15) is 47.9 Å². The maximum Gasteiger partial charge on any atom is 0.416 e. The van der Waals surface area contributed by atoms with Crippen LogP contribution in [0, 0.1) is 17.8 Å². The zero-order valence-electron chi connectivity index (χ0n) is 20.5. The van der Waals surface area contributed by atoms with Crippen LogP contribution in [0.4, 0.5) is 26.3 Å². The fourth-order valence-corrected chi connectivity index (χ4v) is 5.52. The van der Waals surface area contributed by atoms with Gasteiger partial charge in [0.05, 0.1) is 17.0 Å². The van der Waals surface area contributed by atoms with Crippen LogP contribution in [-0.4, -0.2) is 41.8 Å². The van der Waals surface area contributed by atoms with Gasteiger partial charge in [-0.05, 0) is 66.1 Å². The van der Waals surface area contributed by atoms with Crippen molar-refractivity contribution in [2.75, 3.05) is 19.7 Å². The first kappa shape index (κ1) is 26.6. The summed E-state index contributed by atoms with van der Waals surface area (Å²) in [4.78, 5) is 13.3. The van der Waals surface area contributed by atoms with Gasteiger partial charge in [0.25, 0.3) is 0 Å². The summed E-state index contributed by atoms with van der Waals surface area (Å²) in [6.45, 7) is 2.36. The molecule has 0 aromatic heterocycles. The molecular formula is C27H27F6NO4. The summed E-state index contributed by atoms with van der Waals surface area (Å²) in [5.41, 5.74) is -1.74. The van der Waals surface area contributed by atoms with Gasteiger partial charge in [0.2, 0.25) is 0 Å². The van der Waals surface area contributed by atoms with Crippen LogP contribution in [0.15, 0.2) is 36.4 Å². The van der Waals surface area contributed by atoms with E-state index in [0.717, 1.165) is 18.4 Å². The third kappa shape index (κ3) is 5.43. The Hall–Kier alpha value is -2.95.